The molecule has 0 fully saturated rings. The molecule has 100 valence electrons. The van der Waals surface area contributed by atoms with Crippen LogP contribution in [0.4, 0.5) is 4.39 Å². The molecule has 1 atom stereocenters. The number of hydrogen-bond acceptors (Lipinski definition) is 3. The van der Waals surface area contributed by atoms with E-state index >= 15 is 0 Å². The summed E-state index contributed by atoms with van der Waals surface area (Å²) in [6.45, 7) is 1.91. The molecule has 1 unspecified atom stereocenters. The number of aliphatic hydroxyl groups excluding tert-OH is 1. The standard InChI is InChI=1S/C13H18FNO3/c1-3-10(6-7-16)15-13(17)11-8-9(14)4-5-12(11)18-2/h4-5,8,10,16H,3,6-7H2,1-2H3,(H,15,17). The Balaban J connectivity index is 2.85. The molecule has 0 spiro atoms. The fraction of sp³-hybridized carbons (Fsp3) is 0.462. The van der Waals surface area contributed by atoms with E-state index in [0.29, 0.717) is 18.6 Å². The molecule has 0 saturated carbocycles. The normalized spacial score (nSPS) is 12.0. The van der Waals surface area contributed by atoms with Gasteiger partial charge in [-0.25, -0.2) is 4.39 Å². The number of nitrogens with one attached hydrogen (secondary N) is 1. The van der Waals surface area contributed by atoms with Gasteiger partial charge in [-0.05, 0) is 31.0 Å². The molecular weight excluding hydrogens is 237 g/mol. The maximum Gasteiger partial charge on any atom is 0.255 e. The quantitative estimate of drug-likeness (QED) is 0.813. The van der Waals surface area contributed by atoms with E-state index < -0.39 is 11.7 Å². The van der Waals surface area contributed by atoms with Crippen molar-refractivity contribution in [2.45, 2.75) is 25.8 Å². The monoisotopic (exact) mass is 255 g/mol. The van der Waals surface area contributed by atoms with E-state index in [1.165, 1.54) is 19.2 Å². The minimum Gasteiger partial charge on any atom is -0.496 e. The lowest BCUT2D eigenvalue weighted by Crippen LogP contribution is -2.35. The molecule has 0 aliphatic rings. The lowest BCUT2D eigenvalue weighted by molar-refractivity contribution is 0.0925. The number of rotatable bonds is 6. The predicted octanol–water partition coefficient (Wildman–Crippen LogP) is 1.73. The van der Waals surface area contributed by atoms with Gasteiger partial charge in [0.1, 0.15) is 11.6 Å². The van der Waals surface area contributed by atoms with Gasteiger partial charge >= 0.3 is 0 Å². The SMILES string of the molecule is CCC(CCO)NC(=O)c1cc(F)ccc1OC. The van der Waals surface area contributed by atoms with E-state index in [2.05, 4.69) is 5.32 Å². The molecule has 1 rings (SSSR count). The average molecular weight is 255 g/mol. The maximum atomic E-state index is 13.1. The Morgan fingerprint density at radius 2 is 2.28 bits per heavy atom. The molecule has 4 nitrogen and oxygen atoms in total. The number of halogens is 1. The Morgan fingerprint density at radius 3 is 2.83 bits per heavy atom. The summed E-state index contributed by atoms with van der Waals surface area (Å²) in [5.74, 6) is -0.560. The Labute approximate surface area is 106 Å². The second-order valence-electron chi connectivity index (χ2n) is 3.94. The second-order valence-corrected chi connectivity index (χ2v) is 3.94. The molecule has 1 aromatic carbocycles. The fourth-order valence-electron chi connectivity index (χ4n) is 1.65. The lowest BCUT2D eigenvalue weighted by atomic mass is 10.1. The van der Waals surface area contributed by atoms with E-state index in [1.54, 1.807) is 0 Å². The first-order valence-electron chi connectivity index (χ1n) is 5.87. The summed E-state index contributed by atoms with van der Waals surface area (Å²) in [5.41, 5.74) is 0.161. The zero-order chi connectivity index (χ0) is 13.5. The van der Waals surface area contributed by atoms with E-state index in [1.807, 2.05) is 6.92 Å². The number of aliphatic hydroxyl groups is 1. The molecule has 0 heterocycles. The highest BCUT2D eigenvalue weighted by atomic mass is 19.1. The topological polar surface area (TPSA) is 58.6 Å². The van der Waals surface area contributed by atoms with Crippen LogP contribution >= 0.6 is 0 Å². The van der Waals surface area contributed by atoms with Crippen LogP contribution in [-0.4, -0.2) is 30.8 Å². The van der Waals surface area contributed by atoms with Gasteiger partial charge in [-0.1, -0.05) is 6.92 Å². The molecular formula is C13H18FNO3. The third-order valence-corrected chi connectivity index (χ3v) is 2.71. The van der Waals surface area contributed by atoms with Gasteiger partial charge in [-0.15, -0.1) is 0 Å². The van der Waals surface area contributed by atoms with E-state index in [0.717, 1.165) is 6.07 Å². The van der Waals surface area contributed by atoms with Crippen molar-refractivity contribution in [1.29, 1.82) is 0 Å². The Kier molecular flexibility index (Phi) is 5.58. The number of benzene rings is 1. The number of hydrogen-bond donors (Lipinski definition) is 2. The van der Waals surface area contributed by atoms with Crippen LogP contribution in [0.5, 0.6) is 5.75 Å². The third kappa shape index (κ3) is 3.70. The predicted molar refractivity (Wildman–Crippen MR) is 66.2 cm³/mol. The van der Waals surface area contributed by atoms with Gasteiger partial charge < -0.3 is 15.2 Å². The molecule has 1 aromatic rings. The van der Waals surface area contributed by atoms with Crippen molar-refractivity contribution in [2.75, 3.05) is 13.7 Å². The van der Waals surface area contributed by atoms with E-state index in [9.17, 15) is 9.18 Å². The van der Waals surface area contributed by atoms with Crippen LogP contribution in [0, 0.1) is 5.82 Å². The van der Waals surface area contributed by atoms with E-state index in [-0.39, 0.29) is 18.2 Å². The summed E-state index contributed by atoms with van der Waals surface area (Å²) in [5, 5.41) is 11.6. The molecule has 0 bridgehead atoms. The van der Waals surface area contributed by atoms with Crippen LogP contribution < -0.4 is 10.1 Å². The first kappa shape index (κ1) is 14.4. The largest absolute Gasteiger partial charge is 0.496 e. The van der Waals surface area contributed by atoms with Crippen molar-refractivity contribution >= 4 is 5.91 Å². The summed E-state index contributed by atoms with van der Waals surface area (Å²) in [6.07, 6.45) is 1.17. The van der Waals surface area contributed by atoms with Crippen molar-refractivity contribution in [3.63, 3.8) is 0 Å². The molecule has 5 heteroatoms. The molecule has 18 heavy (non-hydrogen) atoms. The van der Waals surface area contributed by atoms with Crippen LogP contribution in [0.2, 0.25) is 0 Å². The highest BCUT2D eigenvalue weighted by Gasteiger charge is 2.16. The average Bonchev–Trinajstić information content (AvgIpc) is 2.38. The van der Waals surface area contributed by atoms with Crippen LogP contribution in [-0.2, 0) is 0 Å². The van der Waals surface area contributed by atoms with Crippen molar-refractivity contribution in [3.8, 4) is 5.75 Å². The van der Waals surface area contributed by atoms with Gasteiger partial charge in [0.15, 0.2) is 0 Å². The van der Waals surface area contributed by atoms with Crippen LogP contribution in [0.15, 0.2) is 18.2 Å². The highest BCUT2D eigenvalue weighted by molar-refractivity contribution is 5.97. The van der Waals surface area contributed by atoms with E-state index in [4.69, 9.17) is 9.84 Å². The summed E-state index contributed by atoms with van der Waals surface area (Å²) >= 11 is 0. The fourth-order valence-corrected chi connectivity index (χ4v) is 1.65. The van der Waals surface area contributed by atoms with Crippen molar-refractivity contribution in [3.05, 3.63) is 29.6 Å². The number of methoxy groups -OCH3 is 1. The summed E-state index contributed by atoms with van der Waals surface area (Å²) in [6, 6.07) is 3.66. The Hall–Kier alpha value is -1.62. The number of amides is 1. The first-order valence-corrected chi connectivity index (χ1v) is 5.87. The molecule has 0 radical (unpaired) electrons. The van der Waals surface area contributed by atoms with Crippen molar-refractivity contribution in [1.82, 2.24) is 5.32 Å². The maximum absolute atomic E-state index is 13.1. The molecule has 0 saturated heterocycles. The Morgan fingerprint density at radius 1 is 1.56 bits per heavy atom. The molecule has 1 amide bonds. The van der Waals surface area contributed by atoms with Gasteiger partial charge in [-0.3, -0.25) is 4.79 Å². The zero-order valence-electron chi connectivity index (χ0n) is 10.6. The van der Waals surface area contributed by atoms with Gasteiger partial charge in [0.05, 0.1) is 12.7 Å². The number of carbonyl (C=O) groups is 1. The minimum atomic E-state index is -0.490. The van der Waals surface area contributed by atoms with Gasteiger partial charge in [0.2, 0.25) is 0 Å². The summed E-state index contributed by atoms with van der Waals surface area (Å²) in [4.78, 5) is 12.0. The molecule has 0 aliphatic heterocycles. The smallest absolute Gasteiger partial charge is 0.255 e. The summed E-state index contributed by atoms with van der Waals surface area (Å²) < 4.78 is 18.2. The molecule has 0 aromatic heterocycles. The summed E-state index contributed by atoms with van der Waals surface area (Å²) in [7, 11) is 1.43. The minimum absolute atomic E-state index is 0.000920. The van der Waals surface area contributed by atoms with Crippen LogP contribution in [0.3, 0.4) is 0 Å². The third-order valence-electron chi connectivity index (χ3n) is 2.71. The lowest BCUT2D eigenvalue weighted by Gasteiger charge is -2.16. The van der Waals surface area contributed by atoms with Crippen LogP contribution in [0.25, 0.3) is 0 Å². The van der Waals surface area contributed by atoms with Gasteiger partial charge in [0.25, 0.3) is 5.91 Å². The number of ether oxygens (including phenoxy) is 1. The highest BCUT2D eigenvalue weighted by Crippen LogP contribution is 2.19. The van der Waals surface area contributed by atoms with Gasteiger partial charge in [-0.2, -0.15) is 0 Å². The van der Waals surface area contributed by atoms with Gasteiger partial charge in [0, 0.05) is 12.6 Å². The number of carbonyl (C=O) groups excluding carboxylic acids is 1. The molecule has 0 aliphatic carbocycles. The Bertz CT molecular complexity index is 409. The zero-order valence-corrected chi connectivity index (χ0v) is 10.6. The second kappa shape index (κ2) is 6.96. The first-order chi connectivity index (χ1) is 8.62. The van der Waals surface area contributed by atoms with Crippen molar-refractivity contribution < 1.29 is 19.0 Å². The van der Waals surface area contributed by atoms with Crippen molar-refractivity contribution in [2.24, 2.45) is 0 Å². The molecule has 2 N–H and O–H groups in total. The van der Waals surface area contributed by atoms with Crippen LogP contribution in [0.1, 0.15) is 30.1 Å².